The molecule has 0 aromatic heterocycles. The molecule has 4 nitrogen and oxygen atoms in total. The van der Waals surface area contributed by atoms with E-state index in [0.717, 1.165) is 61.5 Å². The predicted molar refractivity (Wildman–Crippen MR) is 257 cm³/mol. The van der Waals surface area contributed by atoms with Crippen LogP contribution in [0.4, 0.5) is 0 Å². The summed E-state index contributed by atoms with van der Waals surface area (Å²) in [6, 6.07) is 32.5. The topological polar surface area (TPSA) is 47.9 Å². The summed E-state index contributed by atoms with van der Waals surface area (Å²) in [7, 11) is 1.73. The molecule has 0 aliphatic carbocycles. The van der Waals surface area contributed by atoms with Crippen molar-refractivity contribution < 1.29 is 19.3 Å². The molecule has 0 aliphatic heterocycles. The van der Waals surface area contributed by atoms with E-state index in [4.69, 9.17) is 14.2 Å². The average molecular weight is 811 g/mol. The summed E-state index contributed by atoms with van der Waals surface area (Å²) < 4.78 is 16.9. The van der Waals surface area contributed by atoms with E-state index in [1.807, 2.05) is 49.4 Å². The fourth-order valence-electron chi connectivity index (χ4n) is 5.82. The number of methoxy groups -OCH3 is 1. The Morgan fingerprint density at radius 3 is 1.07 bits per heavy atom. The summed E-state index contributed by atoms with van der Waals surface area (Å²) >= 11 is 0. The lowest BCUT2D eigenvalue weighted by Gasteiger charge is -2.24. The van der Waals surface area contributed by atoms with Crippen LogP contribution in [0.2, 0.25) is 0 Å². The fourth-order valence-corrected chi connectivity index (χ4v) is 5.82. The Balaban J connectivity index is 0.000000395. The van der Waals surface area contributed by atoms with Gasteiger partial charge in [-0.05, 0) is 147 Å². The summed E-state index contributed by atoms with van der Waals surface area (Å²) in [6.45, 7) is 36.1. The zero-order chi connectivity index (χ0) is 44.9. The number of phenolic OH excluding ortho intramolecular Hbond substituents is 1. The highest BCUT2D eigenvalue weighted by atomic mass is 16.5. The number of hydrogen-bond acceptors (Lipinski definition) is 4. The molecule has 0 saturated heterocycles. The molecule has 0 fully saturated rings. The Labute approximate surface area is 363 Å². The van der Waals surface area contributed by atoms with E-state index in [0.29, 0.717) is 27.4 Å². The van der Waals surface area contributed by atoms with Crippen LogP contribution in [-0.4, -0.2) is 24.4 Å². The molecule has 4 rings (SSSR count). The van der Waals surface area contributed by atoms with Crippen LogP contribution in [0, 0.1) is 21.7 Å². The van der Waals surface area contributed by atoms with Gasteiger partial charge in [-0.15, -0.1) is 0 Å². The first-order valence-electron chi connectivity index (χ1n) is 22.1. The molecule has 4 heteroatoms. The van der Waals surface area contributed by atoms with E-state index in [1.54, 1.807) is 13.2 Å². The standard InChI is InChI=1S/C16H26O.C14H22O.C13H20O.C12H18O/c1-15(2,3)12-11-13-9-7-8-10-14(13)17-16(4,5)6;1-5-15-13-9-7-6-8-12(13)10-11-14(2,3)4;1-13(2,3)10-9-11-7-5-6-8-12(11)14-4;1-12(2,3)9-8-10-6-4-5-7-11(10)13/h7-10H,11-12H2,1-6H3;6-9H,5,10-11H2,1-4H3;5-8H,9-10H2,1-4H3;4-7,13H,8-9H2,1-3H3. The second kappa shape index (κ2) is 25.0. The number of phenols is 1. The lowest BCUT2D eigenvalue weighted by Crippen LogP contribution is -2.23. The summed E-state index contributed by atoms with van der Waals surface area (Å²) in [4.78, 5) is 0. The molecule has 0 amide bonds. The second-order valence-electron chi connectivity index (χ2n) is 21.5. The molecule has 0 unspecified atom stereocenters. The number of aryl methyl sites for hydroxylation is 4. The second-order valence-corrected chi connectivity index (χ2v) is 21.5. The van der Waals surface area contributed by atoms with Crippen molar-refractivity contribution in [1.82, 2.24) is 0 Å². The van der Waals surface area contributed by atoms with Gasteiger partial charge in [0, 0.05) is 0 Å². The number of ether oxygens (including phenoxy) is 3. The molecule has 0 heterocycles. The van der Waals surface area contributed by atoms with Crippen LogP contribution in [0.1, 0.15) is 159 Å². The summed E-state index contributed by atoms with van der Waals surface area (Å²) in [5, 5.41) is 9.51. The molecule has 4 aromatic carbocycles. The molecule has 330 valence electrons. The maximum absolute atomic E-state index is 9.51. The number of hydrogen-bond donors (Lipinski definition) is 1. The molecule has 59 heavy (non-hydrogen) atoms. The highest BCUT2D eigenvalue weighted by molar-refractivity contribution is 5.35. The van der Waals surface area contributed by atoms with Gasteiger partial charge in [0.25, 0.3) is 0 Å². The highest BCUT2D eigenvalue weighted by Gasteiger charge is 2.17. The van der Waals surface area contributed by atoms with Crippen molar-refractivity contribution in [2.45, 2.75) is 168 Å². The van der Waals surface area contributed by atoms with Gasteiger partial charge in [-0.3, -0.25) is 0 Å². The van der Waals surface area contributed by atoms with Crippen molar-refractivity contribution in [2.75, 3.05) is 13.7 Å². The largest absolute Gasteiger partial charge is 0.508 e. The zero-order valence-corrected chi connectivity index (χ0v) is 40.8. The summed E-state index contributed by atoms with van der Waals surface area (Å²) in [5.41, 5.74) is 6.36. The lowest BCUT2D eigenvalue weighted by molar-refractivity contribution is 0.129. The Kier molecular flexibility index (Phi) is 22.5. The fraction of sp³-hybridized carbons (Fsp3) is 0.564. The average Bonchev–Trinajstić information content (AvgIpc) is 3.12. The van der Waals surface area contributed by atoms with E-state index in [1.165, 1.54) is 36.0 Å². The maximum atomic E-state index is 9.51. The lowest BCUT2D eigenvalue weighted by atomic mass is 9.88. The van der Waals surface area contributed by atoms with Gasteiger partial charge in [-0.1, -0.05) is 156 Å². The van der Waals surface area contributed by atoms with Crippen LogP contribution in [0.25, 0.3) is 0 Å². The van der Waals surface area contributed by atoms with Crippen LogP contribution in [0.5, 0.6) is 23.0 Å². The Hall–Kier alpha value is -3.92. The molecule has 0 aliphatic rings. The monoisotopic (exact) mass is 811 g/mol. The molecular formula is C55H86O4. The molecular weight excluding hydrogens is 725 g/mol. The van der Waals surface area contributed by atoms with Gasteiger partial charge in [-0.25, -0.2) is 0 Å². The maximum Gasteiger partial charge on any atom is 0.123 e. The van der Waals surface area contributed by atoms with E-state index < -0.39 is 0 Å². The van der Waals surface area contributed by atoms with Gasteiger partial charge in [0.05, 0.1) is 13.7 Å². The predicted octanol–water partition coefficient (Wildman–Crippen LogP) is 16.0. The smallest absolute Gasteiger partial charge is 0.123 e. The third-order valence-electron chi connectivity index (χ3n) is 9.42. The van der Waals surface area contributed by atoms with E-state index >= 15 is 0 Å². The van der Waals surface area contributed by atoms with E-state index in [2.05, 4.69) is 152 Å². The van der Waals surface area contributed by atoms with Crippen molar-refractivity contribution in [2.24, 2.45) is 21.7 Å². The molecule has 1 N–H and O–H groups in total. The minimum atomic E-state index is -0.127. The van der Waals surface area contributed by atoms with Gasteiger partial charge >= 0.3 is 0 Å². The molecule has 0 bridgehead atoms. The minimum absolute atomic E-state index is 0.127. The molecule has 4 aromatic rings. The summed E-state index contributed by atoms with van der Waals surface area (Å²) in [5.74, 6) is 3.51. The van der Waals surface area contributed by atoms with Gasteiger partial charge in [-0.2, -0.15) is 0 Å². The number of aromatic hydroxyl groups is 1. The minimum Gasteiger partial charge on any atom is -0.508 e. The molecule has 0 saturated carbocycles. The van der Waals surface area contributed by atoms with Crippen LogP contribution in [0.3, 0.4) is 0 Å². The third kappa shape index (κ3) is 26.7. The Morgan fingerprint density at radius 2 is 0.712 bits per heavy atom. The van der Waals surface area contributed by atoms with Crippen molar-refractivity contribution in [3.05, 3.63) is 119 Å². The Morgan fingerprint density at radius 1 is 0.407 bits per heavy atom. The van der Waals surface area contributed by atoms with Crippen LogP contribution < -0.4 is 14.2 Å². The van der Waals surface area contributed by atoms with E-state index in [9.17, 15) is 5.11 Å². The first-order chi connectivity index (χ1) is 27.2. The molecule has 0 radical (unpaired) electrons. The highest BCUT2D eigenvalue weighted by Crippen LogP contribution is 2.30. The van der Waals surface area contributed by atoms with Gasteiger partial charge in [0.15, 0.2) is 0 Å². The Bertz CT molecular complexity index is 1720. The number of benzene rings is 4. The number of rotatable bonds is 12. The number of para-hydroxylation sites is 4. The van der Waals surface area contributed by atoms with Crippen molar-refractivity contribution in [1.29, 1.82) is 0 Å². The summed E-state index contributed by atoms with van der Waals surface area (Å²) in [6.07, 6.45) is 8.88. The first kappa shape index (κ1) is 53.1. The van der Waals surface area contributed by atoms with Gasteiger partial charge < -0.3 is 19.3 Å². The molecule has 0 spiro atoms. The SMILES string of the molecule is CC(C)(C)CCc1ccccc1O.CC(C)(C)CCc1ccccc1OC(C)(C)C.CCOc1ccccc1CCC(C)(C)C.COc1ccccc1CCC(C)(C)C. The first-order valence-corrected chi connectivity index (χ1v) is 22.1. The van der Waals surface area contributed by atoms with Crippen LogP contribution in [-0.2, 0) is 25.7 Å². The zero-order valence-electron chi connectivity index (χ0n) is 40.8. The van der Waals surface area contributed by atoms with Crippen molar-refractivity contribution in [3.8, 4) is 23.0 Å². The quantitative estimate of drug-likeness (QED) is 0.155. The molecule has 0 atom stereocenters. The third-order valence-corrected chi connectivity index (χ3v) is 9.42. The van der Waals surface area contributed by atoms with Crippen molar-refractivity contribution in [3.63, 3.8) is 0 Å². The van der Waals surface area contributed by atoms with Crippen LogP contribution in [0.15, 0.2) is 97.1 Å². The van der Waals surface area contributed by atoms with Crippen molar-refractivity contribution >= 4 is 0 Å². The normalized spacial score (nSPS) is 11.8. The van der Waals surface area contributed by atoms with Gasteiger partial charge in [0.2, 0.25) is 0 Å². The van der Waals surface area contributed by atoms with Gasteiger partial charge in [0.1, 0.15) is 28.6 Å². The van der Waals surface area contributed by atoms with Crippen LogP contribution >= 0.6 is 0 Å². The van der Waals surface area contributed by atoms with E-state index in [-0.39, 0.29) is 5.60 Å².